The van der Waals surface area contributed by atoms with E-state index >= 15 is 0 Å². The highest BCUT2D eigenvalue weighted by atomic mass is 32.1. The molecule has 8 heteroatoms. The number of nitrogens with zero attached hydrogens (tertiary/aromatic N) is 4. The molecule has 0 aromatic carbocycles. The Morgan fingerprint density at radius 3 is 2.63 bits per heavy atom. The van der Waals surface area contributed by atoms with Crippen LogP contribution in [0.15, 0.2) is 12.3 Å². The summed E-state index contributed by atoms with van der Waals surface area (Å²) in [7, 11) is 0. The highest BCUT2D eigenvalue weighted by Crippen LogP contribution is 2.39. The molecule has 2 atom stereocenters. The molecule has 1 saturated carbocycles. The Labute approximate surface area is 181 Å². The van der Waals surface area contributed by atoms with Crippen molar-refractivity contribution in [3.63, 3.8) is 0 Å². The van der Waals surface area contributed by atoms with Crippen LogP contribution in [0.2, 0.25) is 0 Å². The SMILES string of the molecule is CCNc1nc(C)c(-c2nc3c(C)nccc3s2)c(NC2CCC(C(C)(C)O)C2)n1. The van der Waals surface area contributed by atoms with Gasteiger partial charge in [-0.2, -0.15) is 4.98 Å². The lowest BCUT2D eigenvalue weighted by Gasteiger charge is -2.25. The normalized spacial score (nSPS) is 19.4. The molecular formula is C22H30N6OS. The Morgan fingerprint density at radius 1 is 1.17 bits per heavy atom. The van der Waals surface area contributed by atoms with Gasteiger partial charge >= 0.3 is 0 Å². The second-order valence-corrected chi connectivity index (χ2v) is 9.68. The molecular weight excluding hydrogens is 396 g/mol. The lowest BCUT2D eigenvalue weighted by Crippen LogP contribution is -2.30. The fourth-order valence-electron chi connectivity index (χ4n) is 4.21. The van der Waals surface area contributed by atoms with Gasteiger partial charge in [-0.3, -0.25) is 4.98 Å². The molecule has 160 valence electrons. The summed E-state index contributed by atoms with van der Waals surface area (Å²) < 4.78 is 1.11. The van der Waals surface area contributed by atoms with Gasteiger partial charge in [-0.1, -0.05) is 0 Å². The third-order valence-corrected chi connectivity index (χ3v) is 6.94. The van der Waals surface area contributed by atoms with Crippen LogP contribution in [0, 0.1) is 19.8 Å². The Kier molecular flexibility index (Phi) is 5.63. The molecule has 4 rings (SSSR count). The molecule has 1 aliphatic carbocycles. The van der Waals surface area contributed by atoms with Gasteiger partial charge in [0.25, 0.3) is 0 Å². The van der Waals surface area contributed by atoms with E-state index in [0.29, 0.717) is 5.95 Å². The zero-order chi connectivity index (χ0) is 21.5. The first-order valence-electron chi connectivity index (χ1n) is 10.6. The molecule has 0 bridgehead atoms. The lowest BCUT2D eigenvalue weighted by atomic mass is 9.89. The molecule has 7 nitrogen and oxygen atoms in total. The van der Waals surface area contributed by atoms with Crippen molar-refractivity contribution in [1.29, 1.82) is 0 Å². The number of anilines is 2. The van der Waals surface area contributed by atoms with E-state index in [9.17, 15) is 5.11 Å². The number of rotatable bonds is 6. The molecule has 3 aromatic heterocycles. The van der Waals surface area contributed by atoms with Crippen LogP contribution >= 0.6 is 11.3 Å². The summed E-state index contributed by atoms with van der Waals surface area (Å²) in [6, 6.07) is 2.27. The summed E-state index contributed by atoms with van der Waals surface area (Å²) in [6.45, 7) is 10.6. The monoisotopic (exact) mass is 426 g/mol. The largest absolute Gasteiger partial charge is 0.390 e. The molecule has 0 aliphatic heterocycles. The van der Waals surface area contributed by atoms with Gasteiger partial charge in [-0.25, -0.2) is 9.97 Å². The van der Waals surface area contributed by atoms with Crippen LogP contribution in [0.25, 0.3) is 20.8 Å². The van der Waals surface area contributed by atoms with Crippen molar-refractivity contribution in [3.8, 4) is 10.6 Å². The summed E-state index contributed by atoms with van der Waals surface area (Å²) >= 11 is 1.64. The first-order chi connectivity index (χ1) is 14.3. The summed E-state index contributed by atoms with van der Waals surface area (Å²) in [4.78, 5) is 18.7. The van der Waals surface area contributed by atoms with Crippen molar-refractivity contribution in [2.45, 2.75) is 65.5 Å². The van der Waals surface area contributed by atoms with Gasteiger partial charge in [0.05, 0.1) is 27.3 Å². The van der Waals surface area contributed by atoms with Crippen molar-refractivity contribution in [1.82, 2.24) is 19.9 Å². The molecule has 3 aromatic rings. The van der Waals surface area contributed by atoms with Crippen LogP contribution < -0.4 is 10.6 Å². The van der Waals surface area contributed by atoms with Crippen molar-refractivity contribution in [2.75, 3.05) is 17.2 Å². The fourth-order valence-corrected chi connectivity index (χ4v) is 5.32. The number of pyridine rings is 1. The van der Waals surface area contributed by atoms with E-state index in [1.165, 1.54) is 0 Å². The second-order valence-electron chi connectivity index (χ2n) is 8.65. The van der Waals surface area contributed by atoms with E-state index in [-0.39, 0.29) is 12.0 Å². The van der Waals surface area contributed by atoms with E-state index in [0.717, 1.165) is 63.8 Å². The molecule has 1 fully saturated rings. The third-order valence-electron chi connectivity index (χ3n) is 5.90. The van der Waals surface area contributed by atoms with E-state index in [2.05, 4.69) is 20.6 Å². The Bertz CT molecular complexity index is 1060. The molecule has 30 heavy (non-hydrogen) atoms. The number of nitrogens with one attached hydrogen (secondary N) is 2. The Hall–Kier alpha value is -2.32. The van der Waals surface area contributed by atoms with Crippen molar-refractivity contribution in [2.24, 2.45) is 5.92 Å². The summed E-state index contributed by atoms with van der Waals surface area (Å²) in [6.07, 6.45) is 4.76. The second kappa shape index (κ2) is 8.07. The number of thiazole rings is 1. The fraction of sp³-hybridized carbons (Fsp3) is 0.545. The van der Waals surface area contributed by atoms with Crippen LogP contribution in [0.1, 0.15) is 51.4 Å². The highest BCUT2D eigenvalue weighted by Gasteiger charge is 2.35. The number of aryl methyl sites for hydroxylation is 2. The predicted molar refractivity (Wildman–Crippen MR) is 123 cm³/mol. The van der Waals surface area contributed by atoms with Gasteiger partial charge in [0.1, 0.15) is 16.3 Å². The molecule has 0 radical (unpaired) electrons. The first kappa shape index (κ1) is 20.9. The minimum absolute atomic E-state index is 0.265. The smallest absolute Gasteiger partial charge is 0.224 e. The van der Waals surface area contributed by atoms with E-state index in [1.807, 2.05) is 46.9 Å². The minimum atomic E-state index is -0.659. The topological polar surface area (TPSA) is 95.9 Å². The van der Waals surface area contributed by atoms with Crippen molar-refractivity contribution in [3.05, 3.63) is 23.7 Å². The van der Waals surface area contributed by atoms with Gasteiger partial charge in [-0.15, -0.1) is 11.3 Å². The van der Waals surface area contributed by atoms with E-state index in [4.69, 9.17) is 9.97 Å². The molecule has 2 unspecified atom stereocenters. The Balaban J connectivity index is 1.73. The van der Waals surface area contributed by atoms with Gasteiger partial charge in [0, 0.05) is 18.8 Å². The highest BCUT2D eigenvalue weighted by molar-refractivity contribution is 7.21. The van der Waals surface area contributed by atoms with Crippen LogP contribution in [-0.4, -0.2) is 43.2 Å². The summed E-state index contributed by atoms with van der Waals surface area (Å²) in [5, 5.41) is 18.2. The third kappa shape index (κ3) is 4.11. The predicted octanol–water partition coefficient (Wildman–Crippen LogP) is 4.55. The lowest BCUT2D eigenvalue weighted by molar-refractivity contribution is 0.0197. The molecule has 1 aliphatic rings. The molecule has 0 spiro atoms. The van der Waals surface area contributed by atoms with Gasteiger partial charge < -0.3 is 15.7 Å². The summed E-state index contributed by atoms with van der Waals surface area (Å²) in [5.41, 5.74) is 3.04. The maximum absolute atomic E-state index is 10.4. The zero-order valence-corrected chi connectivity index (χ0v) is 19.1. The van der Waals surface area contributed by atoms with Crippen LogP contribution in [-0.2, 0) is 0 Å². The number of fused-ring (bicyclic) bond motifs is 1. The van der Waals surface area contributed by atoms with Crippen molar-refractivity contribution >= 4 is 33.3 Å². The molecule has 0 saturated heterocycles. The quantitative estimate of drug-likeness (QED) is 0.532. The standard InChI is InChI=1S/C22H30N6OS/c1-6-23-21-25-12(2)17(20-27-18-13(3)24-10-9-16(18)30-20)19(28-21)26-15-8-7-14(11-15)22(4,5)29/h9-10,14-15,29H,6-8,11H2,1-5H3,(H2,23,25,26,28). The number of hydrogen-bond acceptors (Lipinski definition) is 8. The molecule has 0 amide bonds. The number of hydrogen-bond donors (Lipinski definition) is 3. The molecule has 3 N–H and O–H groups in total. The Morgan fingerprint density at radius 2 is 1.97 bits per heavy atom. The average molecular weight is 427 g/mol. The van der Waals surface area contributed by atoms with E-state index in [1.54, 1.807) is 11.3 Å². The van der Waals surface area contributed by atoms with Crippen LogP contribution in [0.3, 0.4) is 0 Å². The van der Waals surface area contributed by atoms with E-state index < -0.39 is 5.60 Å². The zero-order valence-electron chi connectivity index (χ0n) is 18.3. The van der Waals surface area contributed by atoms with Gasteiger partial charge in [0.15, 0.2) is 0 Å². The first-order valence-corrected chi connectivity index (χ1v) is 11.4. The number of aromatic nitrogens is 4. The molecule has 3 heterocycles. The van der Waals surface area contributed by atoms with Gasteiger partial charge in [-0.05, 0) is 65.9 Å². The number of aliphatic hydroxyl groups is 1. The maximum atomic E-state index is 10.4. The summed E-state index contributed by atoms with van der Waals surface area (Å²) in [5.74, 6) is 1.72. The maximum Gasteiger partial charge on any atom is 0.224 e. The minimum Gasteiger partial charge on any atom is -0.390 e. The van der Waals surface area contributed by atoms with Crippen molar-refractivity contribution < 1.29 is 5.11 Å². The van der Waals surface area contributed by atoms with Gasteiger partial charge in [0.2, 0.25) is 5.95 Å². The average Bonchev–Trinajstić information content (AvgIpc) is 3.29. The van der Waals surface area contributed by atoms with Crippen LogP contribution in [0.4, 0.5) is 11.8 Å². The van der Waals surface area contributed by atoms with Crippen LogP contribution in [0.5, 0.6) is 0 Å².